The second-order valence-corrected chi connectivity index (χ2v) is 6.09. The van der Waals surface area contributed by atoms with Crippen molar-refractivity contribution in [2.75, 3.05) is 13.1 Å². The Balaban J connectivity index is 1.80. The van der Waals surface area contributed by atoms with Gasteiger partial charge in [-0.3, -0.25) is 0 Å². The molecule has 0 spiro atoms. The SMILES string of the molecule is Fc1ccc(Cl)c(F)c1OCc1ccccc1C1CCNCC1. The Labute approximate surface area is 139 Å². The van der Waals surface area contributed by atoms with Crippen LogP contribution in [0.5, 0.6) is 5.75 Å². The minimum atomic E-state index is -0.856. The Morgan fingerprint density at radius 2 is 1.83 bits per heavy atom. The fraction of sp³-hybridized carbons (Fsp3) is 0.333. The normalized spacial score (nSPS) is 15.6. The molecule has 3 rings (SSSR count). The maximum atomic E-state index is 13.9. The molecule has 1 aliphatic rings. The second kappa shape index (κ2) is 7.28. The Morgan fingerprint density at radius 3 is 2.61 bits per heavy atom. The Bertz CT molecular complexity index is 687. The van der Waals surface area contributed by atoms with Gasteiger partial charge in [0.25, 0.3) is 0 Å². The molecule has 0 aromatic heterocycles. The van der Waals surface area contributed by atoms with E-state index in [1.807, 2.05) is 18.2 Å². The molecule has 1 saturated heterocycles. The van der Waals surface area contributed by atoms with Gasteiger partial charge in [-0.05, 0) is 55.1 Å². The summed E-state index contributed by atoms with van der Waals surface area (Å²) >= 11 is 5.69. The molecule has 1 N–H and O–H groups in total. The minimum absolute atomic E-state index is 0.119. The van der Waals surface area contributed by atoms with Crippen LogP contribution in [0.15, 0.2) is 36.4 Å². The molecule has 0 amide bonds. The fourth-order valence-corrected chi connectivity index (χ4v) is 3.14. The Morgan fingerprint density at radius 1 is 1.09 bits per heavy atom. The van der Waals surface area contributed by atoms with Crippen molar-refractivity contribution in [1.82, 2.24) is 5.32 Å². The van der Waals surface area contributed by atoms with E-state index in [4.69, 9.17) is 16.3 Å². The molecule has 1 fully saturated rings. The molecule has 1 heterocycles. The fourth-order valence-electron chi connectivity index (χ4n) is 2.99. The van der Waals surface area contributed by atoms with Gasteiger partial charge >= 0.3 is 0 Å². The summed E-state index contributed by atoms with van der Waals surface area (Å²) in [5, 5.41) is 3.19. The van der Waals surface area contributed by atoms with E-state index in [-0.39, 0.29) is 11.6 Å². The summed E-state index contributed by atoms with van der Waals surface area (Å²) in [6, 6.07) is 10.2. The highest BCUT2D eigenvalue weighted by Crippen LogP contribution is 2.31. The molecule has 0 unspecified atom stereocenters. The van der Waals surface area contributed by atoms with Gasteiger partial charge in [-0.25, -0.2) is 8.78 Å². The Kier molecular flexibility index (Phi) is 5.13. The van der Waals surface area contributed by atoms with Crippen LogP contribution in [-0.4, -0.2) is 13.1 Å². The van der Waals surface area contributed by atoms with Crippen LogP contribution in [-0.2, 0) is 6.61 Å². The van der Waals surface area contributed by atoms with Crippen molar-refractivity contribution in [1.29, 1.82) is 0 Å². The van der Waals surface area contributed by atoms with E-state index < -0.39 is 17.4 Å². The average Bonchev–Trinajstić information content (AvgIpc) is 2.59. The lowest BCUT2D eigenvalue weighted by Crippen LogP contribution is -2.27. The van der Waals surface area contributed by atoms with Gasteiger partial charge in [0.15, 0.2) is 17.4 Å². The Hall–Kier alpha value is -1.65. The first kappa shape index (κ1) is 16.2. The van der Waals surface area contributed by atoms with Gasteiger partial charge in [0, 0.05) is 0 Å². The molecule has 23 heavy (non-hydrogen) atoms. The highest BCUT2D eigenvalue weighted by atomic mass is 35.5. The van der Waals surface area contributed by atoms with Crippen molar-refractivity contribution in [3.63, 3.8) is 0 Å². The number of hydrogen-bond acceptors (Lipinski definition) is 2. The number of piperidine rings is 1. The van der Waals surface area contributed by atoms with Crippen molar-refractivity contribution in [2.45, 2.75) is 25.4 Å². The van der Waals surface area contributed by atoms with E-state index in [1.54, 1.807) is 0 Å². The van der Waals surface area contributed by atoms with Crippen molar-refractivity contribution >= 4 is 11.6 Å². The molecule has 122 valence electrons. The van der Waals surface area contributed by atoms with Crippen molar-refractivity contribution in [3.8, 4) is 5.75 Å². The molecule has 0 radical (unpaired) electrons. The lowest BCUT2D eigenvalue weighted by Gasteiger charge is -2.25. The molecule has 1 aliphatic heterocycles. The molecule has 5 heteroatoms. The van der Waals surface area contributed by atoms with Gasteiger partial charge in [-0.1, -0.05) is 35.9 Å². The third kappa shape index (κ3) is 3.65. The number of nitrogens with one attached hydrogen (secondary N) is 1. The first-order valence-electron chi connectivity index (χ1n) is 7.71. The van der Waals surface area contributed by atoms with E-state index in [9.17, 15) is 8.78 Å². The summed E-state index contributed by atoms with van der Waals surface area (Å²) in [4.78, 5) is 0. The molecule has 0 saturated carbocycles. The maximum Gasteiger partial charge on any atom is 0.192 e. The van der Waals surface area contributed by atoms with Crippen molar-refractivity contribution in [3.05, 3.63) is 64.2 Å². The van der Waals surface area contributed by atoms with Crippen molar-refractivity contribution in [2.24, 2.45) is 0 Å². The highest BCUT2D eigenvalue weighted by Gasteiger charge is 2.19. The lowest BCUT2D eigenvalue weighted by molar-refractivity contribution is 0.272. The van der Waals surface area contributed by atoms with Gasteiger partial charge in [0.1, 0.15) is 6.61 Å². The zero-order chi connectivity index (χ0) is 16.2. The number of hydrogen-bond donors (Lipinski definition) is 1. The molecule has 0 bridgehead atoms. The molecule has 2 nitrogen and oxygen atoms in total. The van der Waals surface area contributed by atoms with Crippen LogP contribution < -0.4 is 10.1 Å². The highest BCUT2D eigenvalue weighted by molar-refractivity contribution is 6.30. The summed E-state index contributed by atoms with van der Waals surface area (Å²) in [5.41, 5.74) is 2.15. The van der Waals surface area contributed by atoms with E-state index in [0.717, 1.165) is 37.6 Å². The zero-order valence-corrected chi connectivity index (χ0v) is 13.4. The number of benzene rings is 2. The molecular formula is C18H18ClF2NO. The van der Waals surface area contributed by atoms with Crippen LogP contribution in [0.2, 0.25) is 5.02 Å². The van der Waals surface area contributed by atoms with Gasteiger partial charge in [-0.2, -0.15) is 0 Å². The number of halogens is 3. The maximum absolute atomic E-state index is 13.9. The van der Waals surface area contributed by atoms with Gasteiger partial charge < -0.3 is 10.1 Å². The first-order valence-corrected chi connectivity index (χ1v) is 8.09. The summed E-state index contributed by atoms with van der Waals surface area (Å²) in [6.07, 6.45) is 2.10. The standard InChI is InChI=1S/C18H18ClF2NO/c19-15-5-6-16(20)18(17(15)21)23-11-13-3-1-2-4-14(13)12-7-9-22-10-8-12/h1-6,12,22H,7-11H2. The van der Waals surface area contributed by atoms with E-state index in [2.05, 4.69) is 11.4 Å². The summed E-state index contributed by atoms with van der Waals surface area (Å²) in [7, 11) is 0. The summed E-state index contributed by atoms with van der Waals surface area (Å²) in [5.74, 6) is -1.57. The van der Waals surface area contributed by atoms with Crippen LogP contribution in [0.3, 0.4) is 0 Å². The van der Waals surface area contributed by atoms with Crippen LogP contribution in [0.1, 0.15) is 29.9 Å². The molecule has 2 aromatic carbocycles. The topological polar surface area (TPSA) is 21.3 Å². The third-order valence-corrected chi connectivity index (χ3v) is 4.50. The van der Waals surface area contributed by atoms with Crippen LogP contribution in [0.25, 0.3) is 0 Å². The molecule has 0 atom stereocenters. The van der Waals surface area contributed by atoms with Crippen LogP contribution in [0.4, 0.5) is 8.78 Å². The lowest BCUT2D eigenvalue weighted by atomic mass is 9.87. The third-order valence-electron chi connectivity index (χ3n) is 4.21. The summed E-state index contributed by atoms with van der Waals surface area (Å²) < 4.78 is 33.1. The second-order valence-electron chi connectivity index (χ2n) is 5.68. The molecular weight excluding hydrogens is 320 g/mol. The van der Waals surface area contributed by atoms with Gasteiger partial charge in [0.05, 0.1) is 5.02 Å². The quantitative estimate of drug-likeness (QED) is 0.819. The smallest absolute Gasteiger partial charge is 0.192 e. The summed E-state index contributed by atoms with van der Waals surface area (Å²) in [6.45, 7) is 2.09. The van der Waals surface area contributed by atoms with Crippen LogP contribution in [0, 0.1) is 11.6 Å². The average molecular weight is 338 g/mol. The van der Waals surface area contributed by atoms with Crippen molar-refractivity contribution < 1.29 is 13.5 Å². The predicted molar refractivity (Wildman–Crippen MR) is 87.0 cm³/mol. The number of rotatable bonds is 4. The molecule has 2 aromatic rings. The van der Waals surface area contributed by atoms with E-state index in [0.29, 0.717) is 5.92 Å². The van der Waals surface area contributed by atoms with Gasteiger partial charge in [-0.15, -0.1) is 0 Å². The predicted octanol–water partition coefficient (Wildman–Crippen LogP) is 4.66. The number of ether oxygens (including phenoxy) is 1. The zero-order valence-electron chi connectivity index (χ0n) is 12.6. The minimum Gasteiger partial charge on any atom is -0.483 e. The van der Waals surface area contributed by atoms with E-state index in [1.165, 1.54) is 11.6 Å². The monoisotopic (exact) mass is 337 g/mol. The van der Waals surface area contributed by atoms with E-state index >= 15 is 0 Å². The first-order chi connectivity index (χ1) is 11.2. The van der Waals surface area contributed by atoms with Gasteiger partial charge in [0.2, 0.25) is 0 Å². The largest absolute Gasteiger partial charge is 0.483 e. The van der Waals surface area contributed by atoms with Crippen LogP contribution >= 0.6 is 11.6 Å². The molecule has 0 aliphatic carbocycles.